The number of nitrogens with one attached hydrogen (secondary N) is 2. The number of carbonyl (C=O) groups is 1. The van der Waals surface area contributed by atoms with E-state index in [4.69, 9.17) is 0 Å². The number of thiazole rings is 1. The number of amides is 1. The highest BCUT2D eigenvalue weighted by atomic mass is 79.9. The number of fused-ring (bicyclic) bond motifs is 1. The second-order valence-electron chi connectivity index (χ2n) is 4.70. The van der Waals surface area contributed by atoms with Crippen molar-refractivity contribution in [2.24, 2.45) is 11.8 Å². The average molecular weight is 316 g/mol. The van der Waals surface area contributed by atoms with Crippen LogP contribution in [0.4, 0.5) is 5.13 Å². The summed E-state index contributed by atoms with van der Waals surface area (Å²) in [4.78, 5) is 16.3. The molecule has 1 aromatic heterocycles. The SMILES string of the molecule is O=C(Nc1ncc(Br)s1)C1NCC2CCCC21. The quantitative estimate of drug-likeness (QED) is 0.880. The van der Waals surface area contributed by atoms with Gasteiger partial charge < -0.3 is 10.6 Å². The van der Waals surface area contributed by atoms with Crippen LogP contribution in [0.15, 0.2) is 9.98 Å². The van der Waals surface area contributed by atoms with E-state index in [9.17, 15) is 4.79 Å². The Morgan fingerprint density at radius 2 is 2.47 bits per heavy atom. The first-order chi connectivity index (χ1) is 8.24. The Hall–Kier alpha value is -0.460. The largest absolute Gasteiger partial charge is 0.305 e. The van der Waals surface area contributed by atoms with Crippen LogP contribution in [0.1, 0.15) is 19.3 Å². The van der Waals surface area contributed by atoms with Crippen LogP contribution in [-0.2, 0) is 4.79 Å². The summed E-state index contributed by atoms with van der Waals surface area (Å²) in [5, 5.41) is 6.90. The Kier molecular flexibility index (Phi) is 3.19. The van der Waals surface area contributed by atoms with Crippen LogP contribution in [0.3, 0.4) is 0 Å². The number of nitrogens with zero attached hydrogens (tertiary/aromatic N) is 1. The highest BCUT2D eigenvalue weighted by molar-refractivity contribution is 9.11. The van der Waals surface area contributed by atoms with E-state index in [1.165, 1.54) is 30.6 Å². The Balaban J connectivity index is 1.66. The van der Waals surface area contributed by atoms with Crippen molar-refractivity contribution < 1.29 is 4.79 Å². The summed E-state index contributed by atoms with van der Waals surface area (Å²) in [5.74, 6) is 1.30. The molecule has 1 saturated heterocycles. The summed E-state index contributed by atoms with van der Waals surface area (Å²) in [5.41, 5.74) is 0. The fraction of sp³-hybridized carbons (Fsp3) is 0.636. The lowest BCUT2D eigenvalue weighted by atomic mass is 9.94. The summed E-state index contributed by atoms with van der Waals surface area (Å²) in [7, 11) is 0. The molecule has 2 heterocycles. The molecule has 4 nitrogen and oxygen atoms in total. The van der Waals surface area contributed by atoms with Crippen LogP contribution in [-0.4, -0.2) is 23.5 Å². The third kappa shape index (κ3) is 2.26. The number of halogens is 1. The maximum atomic E-state index is 12.1. The predicted octanol–water partition coefficient (Wildman–Crippen LogP) is 2.23. The van der Waals surface area contributed by atoms with Gasteiger partial charge in [0.1, 0.15) is 0 Å². The maximum Gasteiger partial charge on any atom is 0.243 e. The number of hydrogen-bond acceptors (Lipinski definition) is 4. The van der Waals surface area contributed by atoms with Crippen molar-refractivity contribution in [1.82, 2.24) is 10.3 Å². The van der Waals surface area contributed by atoms with Crippen LogP contribution in [0.2, 0.25) is 0 Å². The second-order valence-corrected chi connectivity index (χ2v) is 7.11. The number of anilines is 1. The highest BCUT2D eigenvalue weighted by Gasteiger charge is 2.42. The van der Waals surface area contributed by atoms with Crippen LogP contribution >= 0.6 is 27.3 Å². The average Bonchev–Trinajstić information content (AvgIpc) is 2.93. The molecule has 2 aliphatic rings. The van der Waals surface area contributed by atoms with E-state index in [0.717, 1.165) is 10.3 Å². The van der Waals surface area contributed by atoms with E-state index in [0.29, 0.717) is 17.0 Å². The fourth-order valence-corrected chi connectivity index (χ4v) is 4.08. The molecule has 6 heteroatoms. The van der Waals surface area contributed by atoms with Gasteiger partial charge in [0.25, 0.3) is 0 Å². The van der Waals surface area contributed by atoms with Crippen molar-refractivity contribution in [3.05, 3.63) is 9.98 Å². The lowest BCUT2D eigenvalue weighted by molar-refractivity contribution is -0.118. The van der Waals surface area contributed by atoms with Crippen LogP contribution in [0.5, 0.6) is 0 Å². The van der Waals surface area contributed by atoms with Gasteiger partial charge in [-0.1, -0.05) is 17.8 Å². The third-order valence-electron chi connectivity index (χ3n) is 3.74. The van der Waals surface area contributed by atoms with Gasteiger partial charge >= 0.3 is 0 Å². The summed E-state index contributed by atoms with van der Waals surface area (Å²) in [6.07, 6.45) is 5.42. The van der Waals surface area contributed by atoms with Gasteiger partial charge in [-0.2, -0.15) is 0 Å². The molecular weight excluding hydrogens is 302 g/mol. The van der Waals surface area contributed by atoms with Gasteiger partial charge in [-0.05, 0) is 47.2 Å². The van der Waals surface area contributed by atoms with Gasteiger partial charge in [-0.3, -0.25) is 4.79 Å². The maximum absolute atomic E-state index is 12.1. The van der Waals surface area contributed by atoms with Gasteiger partial charge in [0, 0.05) is 0 Å². The van der Waals surface area contributed by atoms with E-state index in [-0.39, 0.29) is 11.9 Å². The Labute approximate surface area is 112 Å². The molecule has 0 radical (unpaired) electrons. The number of rotatable bonds is 2. The topological polar surface area (TPSA) is 54.0 Å². The molecule has 17 heavy (non-hydrogen) atoms. The van der Waals surface area contributed by atoms with Crippen molar-refractivity contribution in [1.29, 1.82) is 0 Å². The number of aromatic nitrogens is 1. The molecule has 1 aromatic rings. The van der Waals surface area contributed by atoms with E-state index in [2.05, 4.69) is 31.5 Å². The molecular formula is C11H14BrN3OS. The molecule has 1 aliphatic heterocycles. The Bertz CT molecular complexity index is 436. The third-order valence-corrected chi connectivity index (χ3v) is 5.13. The van der Waals surface area contributed by atoms with Gasteiger partial charge in [0.05, 0.1) is 16.0 Å². The van der Waals surface area contributed by atoms with E-state index < -0.39 is 0 Å². The smallest absolute Gasteiger partial charge is 0.243 e. The first-order valence-corrected chi connectivity index (χ1v) is 7.50. The first kappa shape index (κ1) is 11.6. The van der Waals surface area contributed by atoms with Crippen molar-refractivity contribution in [2.75, 3.05) is 11.9 Å². The van der Waals surface area contributed by atoms with Crippen molar-refractivity contribution >= 4 is 38.3 Å². The number of hydrogen-bond donors (Lipinski definition) is 2. The van der Waals surface area contributed by atoms with Crippen molar-refractivity contribution in [2.45, 2.75) is 25.3 Å². The monoisotopic (exact) mass is 315 g/mol. The zero-order chi connectivity index (χ0) is 11.8. The summed E-state index contributed by atoms with van der Waals surface area (Å²) >= 11 is 4.79. The Morgan fingerprint density at radius 3 is 3.24 bits per heavy atom. The van der Waals surface area contributed by atoms with E-state index in [1.54, 1.807) is 6.20 Å². The zero-order valence-electron chi connectivity index (χ0n) is 9.28. The van der Waals surface area contributed by atoms with Crippen molar-refractivity contribution in [3.63, 3.8) is 0 Å². The normalized spacial score (nSPS) is 31.5. The van der Waals surface area contributed by atoms with Crippen LogP contribution < -0.4 is 10.6 Å². The molecule has 92 valence electrons. The van der Waals surface area contributed by atoms with Gasteiger partial charge in [0.15, 0.2) is 5.13 Å². The van der Waals surface area contributed by atoms with E-state index in [1.807, 2.05) is 0 Å². The van der Waals surface area contributed by atoms with Gasteiger partial charge in [-0.15, -0.1) is 0 Å². The predicted molar refractivity (Wildman–Crippen MR) is 71.1 cm³/mol. The molecule has 3 unspecified atom stereocenters. The minimum atomic E-state index is -0.0230. The van der Waals surface area contributed by atoms with Crippen LogP contribution in [0, 0.1) is 11.8 Å². The number of carbonyl (C=O) groups excluding carboxylic acids is 1. The fourth-order valence-electron chi connectivity index (χ4n) is 2.97. The van der Waals surface area contributed by atoms with Gasteiger partial charge in [0.2, 0.25) is 5.91 Å². The molecule has 3 atom stereocenters. The summed E-state index contributed by atoms with van der Waals surface area (Å²) in [6, 6.07) is -0.0230. The molecule has 2 fully saturated rings. The van der Waals surface area contributed by atoms with E-state index >= 15 is 0 Å². The minimum absolute atomic E-state index is 0.0230. The standard InChI is InChI=1S/C11H14BrN3OS/c12-8-5-14-11(17-8)15-10(16)9-7-3-1-2-6(7)4-13-9/h5-7,9,13H,1-4H2,(H,14,15,16). The Morgan fingerprint density at radius 1 is 1.59 bits per heavy atom. The molecule has 3 rings (SSSR count). The lowest BCUT2D eigenvalue weighted by Crippen LogP contribution is -2.39. The molecule has 1 aliphatic carbocycles. The van der Waals surface area contributed by atoms with Gasteiger partial charge in [-0.25, -0.2) is 4.98 Å². The molecule has 0 bridgehead atoms. The highest BCUT2D eigenvalue weighted by Crippen LogP contribution is 2.38. The molecule has 2 N–H and O–H groups in total. The zero-order valence-corrected chi connectivity index (χ0v) is 11.7. The molecule has 1 saturated carbocycles. The summed E-state index contributed by atoms with van der Waals surface area (Å²) < 4.78 is 0.936. The minimum Gasteiger partial charge on any atom is -0.305 e. The first-order valence-electron chi connectivity index (χ1n) is 5.89. The molecule has 1 amide bonds. The molecule has 0 spiro atoms. The summed E-state index contributed by atoms with van der Waals surface area (Å²) in [6.45, 7) is 0.990. The van der Waals surface area contributed by atoms with Crippen LogP contribution in [0.25, 0.3) is 0 Å². The second kappa shape index (κ2) is 4.66. The van der Waals surface area contributed by atoms with Crippen molar-refractivity contribution in [3.8, 4) is 0 Å². The molecule has 0 aromatic carbocycles. The lowest BCUT2D eigenvalue weighted by Gasteiger charge is -2.16.